The molecule has 0 aliphatic heterocycles. The number of nitro benzene ring substituents is 1. The zero-order valence-corrected chi connectivity index (χ0v) is 10.4. The molecule has 1 aliphatic rings. The first-order chi connectivity index (χ1) is 8.63. The third-order valence-electron chi connectivity index (χ3n) is 3.20. The summed E-state index contributed by atoms with van der Waals surface area (Å²) in [5, 5.41) is 10.9. The number of hydrazine groups is 1. The first-order valence-corrected chi connectivity index (χ1v) is 6.15. The van der Waals surface area contributed by atoms with Crippen LogP contribution in [-0.2, 0) is 0 Å². The number of nitrogen functional groups attached to an aromatic ring is 1. The van der Waals surface area contributed by atoms with Gasteiger partial charge in [0.25, 0.3) is 5.69 Å². The zero-order valence-electron chi connectivity index (χ0n) is 10.4. The lowest BCUT2D eigenvalue weighted by atomic mass is 10.2. The number of nitro groups is 1. The van der Waals surface area contributed by atoms with E-state index < -0.39 is 4.92 Å². The highest BCUT2D eigenvalue weighted by molar-refractivity contribution is 5.64. The first-order valence-electron chi connectivity index (χ1n) is 6.15. The molecule has 0 spiro atoms. The molecule has 0 saturated heterocycles. The van der Waals surface area contributed by atoms with E-state index in [1.807, 2.05) is 6.07 Å². The van der Waals surface area contributed by atoms with Crippen molar-refractivity contribution in [3.05, 3.63) is 28.3 Å². The van der Waals surface area contributed by atoms with Crippen molar-refractivity contribution in [2.45, 2.75) is 19.8 Å². The van der Waals surface area contributed by atoms with Crippen LogP contribution in [0, 0.1) is 16.0 Å². The van der Waals surface area contributed by atoms with Crippen LogP contribution in [0.15, 0.2) is 18.2 Å². The summed E-state index contributed by atoms with van der Waals surface area (Å²) in [7, 11) is 0. The molecule has 18 heavy (non-hydrogen) atoms. The van der Waals surface area contributed by atoms with Crippen LogP contribution in [-0.4, -0.2) is 18.0 Å². The van der Waals surface area contributed by atoms with Crippen LogP contribution in [0.25, 0.3) is 0 Å². The van der Waals surface area contributed by atoms with Gasteiger partial charge in [-0.25, -0.2) is 0 Å². The number of rotatable bonds is 6. The highest BCUT2D eigenvalue weighted by atomic mass is 16.6. The molecule has 1 aromatic carbocycles. The quantitative estimate of drug-likeness (QED) is 0.459. The normalized spacial score (nSPS) is 14.3. The van der Waals surface area contributed by atoms with Gasteiger partial charge in [-0.15, -0.1) is 0 Å². The van der Waals surface area contributed by atoms with Crippen LogP contribution in [0.5, 0.6) is 0 Å². The number of non-ortho nitro benzene ring substituents is 1. The number of hydrogen-bond acceptors (Lipinski definition) is 5. The Kier molecular flexibility index (Phi) is 3.66. The second kappa shape index (κ2) is 5.22. The van der Waals surface area contributed by atoms with E-state index >= 15 is 0 Å². The fourth-order valence-corrected chi connectivity index (χ4v) is 2.00. The number of benzene rings is 1. The second-order valence-electron chi connectivity index (χ2n) is 4.62. The summed E-state index contributed by atoms with van der Waals surface area (Å²) in [5.74, 6) is 6.09. The third-order valence-corrected chi connectivity index (χ3v) is 3.20. The monoisotopic (exact) mass is 250 g/mol. The highest BCUT2D eigenvalue weighted by Gasteiger charge is 2.24. The van der Waals surface area contributed by atoms with Crippen molar-refractivity contribution < 1.29 is 4.92 Å². The van der Waals surface area contributed by atoms with Gasteiger partial charge in [-0.3, -0.25) is 16.0 Å². The molecule has 98 valence electrons. The Morgan fingerprint density at radius 2 is 2.22 bits per heavy atom. The standard InChI is InChI=1S/C12H18N4O2/c1-2-15(8-9-3-4-9)11-5-10(14-13)6-12(7-11)16(17)18/h5-7,9,14H,2-4,8,13H2,1H3. The molecule has 0 radical (unpaired) electrons. The lowest BCUT2D eigenvalue weighted by Gasteiger charge is -2.23. The number of nitrogens with zero attached hydrogens (tertiary/aromatic N) is 2. The van der Waals surface area contributed by atoms with Gasteiger partial charge in [-0.2, -0.15) is 0 Å². The summed E-state index contributed by atoms with van der Waals surface area (Å²) in [6, 6.07) is 4.89. The van der Waals surface area contributed by atoms with Gasteiger partial charge < -0.3 is 10.3 Å². The van der Waals surface area contributed by atoms with Gasteiger partial charge in [0.05, 0.1) is 10.6 Å². The number of nitrogens with two attached hydrogens (primary N) is 1. The molecule has 2 rings (SSSR count). The summed E-state index contributed by atoms with van der Waals surface area (Å²) >= 11 is 0. The summed E-state index contributed by atoms with van der Waals surface area (Å²) in [6.45, 7) is 3.85. The predicted molar refractivity (Wildman–Crippen MR) is 71.5 cm³/mol. The van der Waals surface area contributed by atoms with Gasteiger partial charge in [-0.1, -0.05) is 0 Å². The Balaban J connectivity index is 2.28. The Morgan fingerprint density at radius 3 is 2.72 bits per heavy atom. The minimum Gasteiger partial charge on any atom is -0.371 e. The van der Waals surface area contributed by atoms with Crippen LogP contribution in [0.2, 0.25) is 0 Å². The molecule has 0 bridgehead atoms. The lowest BCUT2D eigenvalue weighted by molar-refractivity contribution is -0.384. The SMILES string of the molecule is CCN(CC1CC1)c1cc(NN)cc([N+](=O)[O-])c1. The molecule has 0 unspecified atom stereocenters. The molecule has 1 aromatic rings. The van der Waals surface area contributed by atoms with E-state index in [0.717, 1.165) is 24.7 Å². The molecule has 6 heteroatoms. The number of anilines is 2. The molecule has 0 amide bonds. The molecule has 0 heterocycles. The Bertz CT molecular complexity index is 446. The van der Waals surface area contributed by atoms with E-state index in [4.69, 9.17) is 5.84 Å². The smallest absolute Gasteiger partial charge is 0.273 e. The molecule has 6 nitrogen and oxygen atoms in total. The topological polar surface area (TPSA) is 84.4 Å². The summed E-state index contributed by atoms with van der Waals surface area (Å²) in [5.41, 5.74) is 3.96. The van der Waals surface area contributed by atoms with E-state index in [1.165, 1.54) is 18.9 Å². The highest BCUT2D eigenvalue weighted by Crippen LogP contribution is 2.33. The number of nitrogens with one attached hydrogen (secondary N) is 1. The van der Waals surface area contributed by atoms with Crippen LogP contribution in [0.4, 0.5) is 17.1 Å². The van der Waals surface area contributed by atoms with Gasteiger partial charge in [0.2, 0.25) is 0 Å². The summed E-state index contributed by atoms with van der Waals surface area (Å²) in [6.07, 6.45) is 2.51. The van der Waals surface area contributed by atoms with Crippen molar-refractivity contribution in [3.63, 3.8) is 0 Å². The zero-order chi connectivity index (χ0) is 13.1. The Labute approximate surface area is 106 Å². The van der Waals surface area contributed by atoms with Gasteiger partial charge in [0, 0.05) is 30.9 Å². The average molecular weight is 250 g/mol. The fraction of sp³-hybridized carbons (Fsp3) is 0.500. The van der Waals surface area contributed by atoms with Gasteiger partial charge in [0.15, 0.2) is 0 Å². The molecule has 3 N–H and O–H groups in total. The van der Waals surface area contributed by atoms with E-state index in [0.29, 0.717) is 5.69 Å². The molecule has 1 saturated carbocycles. The Hall–Kier alpha value is -1.82. The average Bonchev–Trinajstić information content (AvgIpc) is 3.19. The van der Waals surface area contributed by atoms with E-state index in [2.05, 4.69) is 17.2 Å². The summed E-state index contributed by atoms with van der Waals surface area (Å²) in [4.78, 5) is 12.6. The largest absolute Gasteiger partial charge is 0.371 e. The third kappa shape index (κ3) is 2.89. The minimum absolute atomic E-state index is 0.0645. The molecular weight excluding hydrogens is 232 g/mol. The maximum absolute atomic E-state index is 10.9. The van der Waals surface area contributed by atoms with Crippen LogP contribution in [0.3, 0.4) is 0 Å². The van der Waals surface area contributed by atoms with Crippen LogP contribution >= 0.6 is 0 Å². The van der Waals surface area contributed by atoms with E-state index in [9.17, 15) is 10.1 Å². The maximum atomic E-state index is 10.9. The fourth-order valence-electron chi connectivity index (χ4n) is 2.00. The minimum atomic E-state index is -0.394. The molecule has 1 fully saturated rings. The van der Waals surface area contributed by atoms with Gasteiger partial charge >= 0.3 is 0 Å². The first kappa shape index (κ1) is 12.6. The lowest BCUT2D eigenvalue weighted by Crippen LogP contribution is -2.25. The van der Waals surface area contributed by atoms with Crippen molar-refractivity contribution in [3.8, 4) is 0 Å². The van der Waals surface area contributed by atoms with Crippen molar-refractivity contribution in [1.29, 1.82) is 0 Å². The molecular formula is C12H18N4O2. The van der Waals surface area contributed by atoms with Gasteiger partial charge in [0.1, 0.15) is 0 Å². The van der Waals surface area contributed by atoms with Crippen molar-refractivity contribution >= 4 is 17.1 Å². The van der Waals surface area contributed by atoms with Gasteiger partial charge in [-0.05, 0) is 31.7 Å². The van der Waals surface area contributed by atoms with Crippen molar-refractivity contribution in [2.24, 2.45) is 11.8 Å². The van der Waals surface area contributed by atoms with Crippen LogP contribution < -0.4 is 16.2 Å². The van der Waals surface area contributed by atoms with Crippen molar-refractivity contribution in [1.82, 2.24) is 0 Å². The van der Waals surface area contributed by atoms with E-state index in [-0.39, 0.29) is 5.69 Å². The van der Waals surface area contributed by atoms with Crippen molar-refractivity contribution in [2.75, 3.05) is 23.4 Å². The Morgan fingerprint density at radius 1 is 1.50 bits per heavy atom. The number of hydrogen-bond donors (Lipinski definition) is 2. The van der Waals surface area contributed by atoms with E-state index in [1.54, 1.807) is 6.07 Å². The summed E-state index contributed by atoms with van der Waals surface area (Å²) < 4.78 is 0. The predicted octanol–water partition coefficient (Wildman–Crippen LogP) is 2.12. The second-order valence-corrected chi connectivity index (χ2v) is 4.62. The van der Waals surface area contributed by atoms with Crippen LogP contribution in [0.1, 0.15) is 19.8 Å². The molecule has 0 aromatic heterocycles. The maximum Gasteiger partial charge on any atom is 0.273 e. The molecule has 1 aliphatic carbocycles. The molecule has 0 atom stereocenters.